The van der Waals surface area contributed by atoms with Crippen LogP contribution in [0.15, 0.2) is 12.7 Å². The predicted molar refractivity (Wildman–Crippen MR) is 87.5 cm³/mol. The van der Waals surface area contributed by atoms with Gasteiger partial charge in [0.25, 0.3) is 0 Å². The van der Waals surface area contributed by atoms with E-state index in [1.54, 1.807) is 14.0 Å². The van der Waals surface area contributed by atoms with Gasteiger partial charge in [0.15, 0.2) is 17.7 Å². The molecule has 3 rings (SSSR count). The minimum absolute atomic E-state index is 0.104. The van der Waals surface area contributed by atoms with Crippen LogP contribution in [-0.2, 0) is 9.53 Å². The van der Waals surface area contributed by atoms with Gasteiger partial charge in [0.1, 0.15) is 24.1 Å². The molecule has 0 spiro atoms. The van der Waals surface area contributed by atoms with E-state index in [0.717, 1.165) is 0 Å². The number of carbonyl (C=O) groups excluding carboxylic acids is 1. The highest BCUT2D eigenvalue weighted by Gasteiger charge is 2.43. The number of ether oxygens (including phenoxy) is 1. The lowest BCUT2D eigenvalue weighted by atomic mass is 9.96. The molecule has 0 aromatic carbocycles. The number of imidazole rings is 1. The fourth-order valence-corrected chi connectivity index (χ4v) is 2.79. The second kappa shape index (κ2) is 7.27. The van der Waals surface area contributed by atoms with E-state index in [9.17, 15) is 15.0 Å². The van der Waals surface area contributed by atoms with Crippen LogP contribution in [0, 0.1) is 0 Å². The molecular formula is C14H21N7O4. The molecule has 0 saturated carbocycles. The first-order chi connectivity index (χ1) is 12.0. The number of rotatable bonds is 5. The fourth-order valence-electron chi connectivity index (χ4n) is 2.79. The number of nitrogens with zero attached hydrogens (tertiary/aromatic N) is 3. The van der Waals surface area contributed by atoms with Crippen LogP contribution >= 0.6 is 0 Å². The van der Waals surface area contributed by atoms with Crippen LogP contribution in [0.1, 0.15) is 6.92 Å². The van der Waals surface area contributed by atoms with Crippen molar-refractivity contribution < 1.29 is 19.7 Å². The Balaban J connectivity index is 1.72. The van der Waals surface area contributed by atoms with Crippen molar-refractivity contribution in [3.8, 4) is 0 Å². The Morgan fingerprint density at radius 3 is 2.88 bits per heavy atom. The van der Waals surface area contributed by atoms with Crippen molar-refractivity contribution in [1.29, 1.82) is 0 Å². The fraction of sp³-hybridized carbons (Fsp3) is 0.571. The molecule has 0 unspecified atom stereocenters. The Morgan fingerprint density at radius 1 is 1.32 bits per heavy atom. The van der Waals surface area contributed by atoms with Gasteiger partial charge in [-0.1, -0.05) is 0 Å². The van der Waals surface area contributed by atoms with Gasteiger partial charge in [-0.15, -0.1) is 0 Å². The van der Waals surface area contributed by atoms with E-state index < -0.39 is 30.6 Å². The van der Waals surface area contributed by atoms with Gasteiger partial charge in [0, 0.05) is 0 Å². The van der Waals surface area contributed by atoms with Crippen LogP contribution < -0.4 is 16.0 Å². The molecule has 11 nitrogen and oxygen atoms in total. The number of fused-ring (bicyclic) bond motifs is 1. The normalized spacial score (nSPS) is 29.5. The molecule has 25 heavy (non-hydrogen) atoms. The average Bonchev–Trinajstić information content (AvgIpc) is 3.06. The van der Waals surface area contributed by atoms with Crippen LogP contribution in [0.4, 0.5) is 5.82 Å². The highest BCUT2D eigenvalue weighted by atomic mass is 16.5. The van der Waals surface area contributed by atoms with Crippen molar-refractivity contribution in [2.75, 3.05) is 18.9 Å². The minimum atomic E-state index is -1.27. The lowest BCUT2D eigenvalue weighted by Crippen LogP contribution is -2.64. The van der Waals surface area contributed by atoms with Gasteiger partial charge in [0.2, 0.25) is 5.91 Å². The third kappa shape index (κ3) is 3.54. The Morgan fingerprint density at radius 2 is 2.12 bits per heavy atom. The average molecular weight is 351 g/mol. The van der Waals surface area contributed by atoms with Crippen molar-refractivity contribution in [3.05, 3.63) is 12.7 Å². The zero-order valence-electron chi connectivity index (χ0n) is 13.8. The third-order valence-corrected chi connectivity index (χ3v) is 4.06. The van der Waals surface area contributed by atoms with E-state index >= 15 is 0 Å². The Kier molecular flexibility index (Phi) is 5.08. The van der Waals surface area contributed by atoms with E-state index in [4.69, 9.17) is 4.74 Å². The Labute approximate surface area is 143 Å². The van der Waals surface area contributed by atoms with E-state index in [1.807, 2.05) is 0 Å². The molecule has 1 aliphatic heterocycles. The number of H-pyrrole nitrogens is 1. The van der Waals surface area contributed by atoms with Crippen molar-refractivity contribution >= 4 is 22.9 Å². The Hall–Kier alpha value is -2.34. The van der Waals surface area contributed by atoms with Gasteiger partial charge in [-0.05, 0) is 14.0 Å². The molecule has 5 atom stereocenters. The second-order valence-electron chi connectivity index (χ2n) is 5.83. The molecule has 3 heterocycles. The zero-order chi connectivity index (χ0) is 18.0. The van der Waals surface area contributed by atoms with Gasteiger partial charge < -0.3 is 35.9 Å². The van der Waals surface area contributed by atoms with Gasteiger partial charge in [-0.3, -0.25) is 4.79 Å². The van der Waals surface area contributed by atoms with Crippen LogP contribution in [-0.4, -0.2) is 80.2 Å². The smallest absolute Gasteiger partial charge is 0.234 e. The number of hydrogen-bond acceptors (Lipinski definition) is 9. The SMILES string of the molecule is CNCC(=O)N[C@@H]1[C@@H](O)[C@H](O)[C@@H](Nc2ncnc3nc[nH]c23)O[C@H]1C. The summed E-state index contributed by atoms with van der Waals surface area (Å²) in [6.07, 6.45) is -1.11. The molecule has 0 radical (unpaired) electrons. The lowest BCUT2D eigenvalue weighted by molar-refractivity contribution is -0.172. The predicted octanol–water partition coefficient (Wildman–Crippen LogP) is -2.06. The molecule has 1 saturated heterocycles. The topological polar surface area (TPSA) is 157 Å². The van der Waals surface area contributed by atoms with Gasteiger partial charge >= 0.3 is 0 Å². The van der Waals surface area contributed by atoms with Crippen LogP contribution in [0.5, 0.6) is 0 Å². The van der Waals surface area contributed by atoms with Crippen molar-refractivity contribution in [2.45, 2.75) is 37.5 Å². The van der Waals surface area contributed by atoms with Gasteiger partial charge in [-0.25, -0.2) is 15.0 Å². The maximum absolute atomic E-state index is 11.7. The summed E-state index contributed by atoms with van der Waals surface area (Å²) in [4.78, 5) is 26.8. The van der Waals surface area contributed by atoms with Crippen LogP contribution in [0.3, 0.4) is 0 Å². The molecule has 0 bridgehead atoms. The largest absolute Gasteiger partial charge is 0.388 e. The summed E-state index contributed by atoms with van der Waals surface area (Å²) < 4.78 is 5.74. The summed E-state index contributed by atoms with van der Waals surface area (Å²) in [5.41, 5.74) is 1.03. The summed E-state index contributed by atoms with van der Waals surface area (Å²) >= 11 is 0. The molecule has 1 fully saturated rings. The molecule has 0 aliphatic carbocycles. The Bertz CT molecular complexity index is 739. The van der Waals surface area contributed by atoms with E-state index in [2.05, 4.69) is 35.9 Å². The van der Waals surface area contributed by atoms with Crippen molar-refractivity contribution in [2.24, 2.45) is 0 Å². The van der Waals surface area contributed by atoms with Crippen molar-refractivity contribution in [1.82, 2.24) is 30.6 Å². The van der Waals surface area contributed by atoms with E-state index in [0.29, 0.717) is 17.0 Å². The molecule has 136 valence electrons. The summed E-state index contributed by atoms with van der Waals surface area (Å²) in [5.74, 6) is 0.0965. The minimum Gasteiger partial charge on any atom is -0.388 e. The number of aliphatic hydroxyl groups is 2. The number of aliphatic hydroxyl groups excluding tert-OH is 2. The third-order valence-electron chi connectivity index (χ3n) is 4.06. The highest BCUT2D eigenvalue weighted by molar-refractivity contribution is 5.82. The molecule has 6 N–H and O–H groups in total. The highest BCUT2D eigenvalue weighted by Crippen LogP contribution is 2.24. The monoisotopic (exact) mass is 351 g/mol. The van der Waals surface area contributed by atoms with Gasteiger partial charge in [-0.2, -0.15) is 0 Å². The molecule has 2 aromatic rings. The molecular weight excluding hydrogens is 330 g/mol. The number of carbonyl (C=O) groups is 1. The standard InChI is InChI=1S/C14H21N7O4/c1-6-8(20-7(22)3-15-2)10(23)11(24)14(25-6)21-13-9-12(17-4-16-9)18-5-19-13/h4-6,8,10-11,14-15,23-24H,3H2,1-2H3,(H,20,22)(H2,16,17,18,19,21)/t6-,8-,10+,11-,14-/m0/s1. The molecule has 1 aliphatic rings. The van der Waals surface area contributed by atoms with E-state index in [1.165, 1.54) is 12.7 Å². The lowest BCUT2D eigenvalue weighted by Gasteiger charge is -2.42. The quantitative estimate of drug-likeness (QED) is 0.356. The number of aromatic amines is 1. The number of amides is 1. The second-order valence-corrected chi connectivity index (χ2v) is 5.83. The molecule has 2 aromatic heterocycles. The first-order valence-electron chi connectivity index (χ1n) is 7.87. The molecule has 11 heteroatoms. The zero-order valence-corrected chi connectivity index (χ0v) is 13.8. The number of anilines is 1. The summed E-state index contributed by atoms with van der Waals surface area (Å²) in [6.45, 7) is 1.81. The number of aromatic nitrogens is 4. The maximum atomic E-state index is 11.7. The van der Waals surface area contributed by atoms with Crippen molar-refractivity contribution in [3.63, 3.8) is 0 Å². The van der Waals surface area contributed by atoms with E-state index in [-0.39, 0.29) is 12.5 Å². The van der Waals surface area contributed by atoms with Crippen LogP contribution in [0.2, 0.25) is 0 Å². The molecule has 1 amide bonds. The summed E-state index contributed by atoms with van der Waals surface area (Å²) in [7, 11) is 1.64. The maximum Gasteiger partial charge on any atom is 0.234 e. The number of nitrogens with one attached hydrogen (secondary N) is 4. The number of likely N-dealkylation sites (N-methyl/N-ethyl adjacent to an activating group) is 1. The summed E-state index contributed by atoms with van der Waals surface area (Å²) in [5, 5.41) is 29.1. The number of hydrogen-bond donors (Lipinski definition) is 6. The first-order valence-corrected chi connectivity index (χ1v) is 7.87. The van der Waals surface area contributed by atoms with Crippen LogP contribution in [0.25, 0.3) is 11.2 Å². The van der Waals surface area contributed by atoms with Gasteiger partial charge in [0.05, 0.1) is 25.0 Å². The summed E-state index contributed by atoms with van der Waals surface area (Å²) in [6, 6.07) is -0.730. The first kappa shape index (κ1) is 17.5.